The molecule has 0 N–H and O–H groups in total. The number of hydrogen-bond acceptors (Lipinski definition) is 1. The first-order valence-corrected chi connectivity index (χ1v) is 8.17. The van der Waals surface area contributed by atoms with Crippen LogP contribution in [0, 0.1) is 5.41 Å². The van der Waals surface area contributed by atoms with E-state index in [1.807, 2.05) is 13.8 Å². The van der Waals surface area contributed by atoms with E-state index in [4.69, 9.17) is 4.74 Å². The molecule has 1 heterocycles. The van der Waals surface area contributed by atoms with Crippen molar-refractivity contribution >= 4 is 5.57 Å². The molecule has 0 aromatic heterocycles. The summed E-state index contributed by atoms with van der Waals surface area (Å²) < 4.78 is 6.02. The molecule has 0 spiro atoms. The highest BCUT2D eigenvalue weighted by Gasteiger charge is 2.29. The van der Waals surface area contributed by atoms with E-state index in [1.54, 1.807) is 0 Å². The predicted molar refractivity (Wildman–Crippen MR) is 93.4 cm³/mol. The van der Waals surface area contributed by atoms with Crippen LogP contribution in [0.25, 0.3) is 5.57 Å². The first-order valence-electron chi connectivity index (χ1n) is 8.17. The summed E-state index contributed by atoms with van der Waals surface area (Å²) in [4.78, 5) is 0. The third kappa shape index (κ3) is 5.67. The van der Waals surface area contributed by atoms with Crippen molar-refractivity contribution in [1.82, 2.24) is 0 Å². The van der Waals surface area contributed by atoms with E-state index in [2.05, 4.69) is 65.0 Å². The quantitative estimate of drug-likeness (QED) is 0.638. The lowest BCUT2D eigenvalue weighted by Gasteiger charge is -2.36. The molecular formula is C20H32O. The van der Waals surface area contributed by atoms with Crippen LogP contribution in [-0.2, 0) is 4.74 Å². The number of hydrogen-bond donors (Lipinski definition) is 0. The van der Waals surface area contributed by atoms with E-state index in [1.165, 1.54) is 16.7 Å². The summed E-state index contributed by atoms with van der Waals surface area (Å²) in [6.07, 6.45) is 2.11. The first kappa shape index (κ1) is 18.0. The molecule has 2 rings (SSSR count). The Morgan fingerprint density at radius 3 is 2.14 bits per heavy atom. The van der Waals surface area contributed by atoms with Gasteiger partial charge >= 0.3 is 0 Å². The standard InChI is InChI=1S/C18H26O.C2H6/c1-17(2,3)11-15-13-19-18(4,5)12-16(15)14-9-7-6-8-10-14;1-2/h6-10H,11-13H2,1-5H3;1-2H3. The molecule has 0 unspecified atom stereocenters. The highest BCUT2D eigenvalue weighted by Crippen LogP contribution is 2.39. The molecule has 0 saturated carbocycles. The fraction of sp³-hybridized carbons (Fsp3) is 0.600. The summed E-state index contributed by atoms with van der Waals surface area (Å²) in [5.41, 5.74) is 4.58. The third-order valence-electron chi connectivity index (χ3n) is 3.53. The minimum Gasteiger partial charge on any atom is -0.371 e. The molecule has 0 saturated heterocycles. The Labute approximate surface area is 131 Å². The van der Waals surface area contributed by atoms with Crippen LogP contribution >= 0.6 is 0 Å². The van der Waals surface area contributed by atoms with E-state index >= 15 is 0 Å². The number of rotatable bonds is 2. The Bertz CT molecular complexity index is 460. The molecule has 1 nitrogen and oxygen atoms in total. The minimum atomic E-state index is -0.0490. The SMILES string of the molecule is CC.CC(C)(C)CC1=C(c2ccccc2)CC(C)(C)OC1. The summed E-state index contributed by atoms with van der Waals surface area (Å²) in [5.74, 6) is 0. The summed E-state index contributed by atoms with van der Waals surface area (Å²) in [7, 11) is 0. The van der Waals surface area contributed by atoms with E-state index in [0.29, 0.717) is 5.41 Å². The molecule has 1 aromatic carbocycles. The molecule has 0 atom stereocenters. The second-order valence-electron chi connectivity index (χ2n) is 7.41. The van der Waals surface area contributed by atoms with Gasteiger partial charge in [-0.25, -0.2) is 0 Å². The van der Waals surface area contributed by atoms with Gasteiger partial charge in [0.25, 0.3) is 0 Å². The Morgan fingerprint density at radius 2 is 1.62 bits per heavy atom. The molecule has 0 amide bonds. The molecule has 1 aliphatic rings. The molecule has 0 fully saturated rings. The molecule has 1 heteroatoms. The van der Waals surface area contributed by atoms with Crippen molar-refractivity contribution in [3.63, 3.8) is 0 Å². The van der Waals surface area contributed by atoms with Crippen molar-refractivity contribution in [3.05, 3.63) is 41.5 Å². The second-order valence-corrected chi connectivity index (χ2v) is 7.41. The molecule has 0 radical (unpaired) electrons. The van der Waals surface area contributed by atoms with Gasteiger partial charge in [0.2, 0.25) is 0 Å². The smallest absolute Gasteiger partial charge is 0.0690 e. The third-order valence-corrected chi connectivity index (χ3v) is 3.53. The van der Waals surface area contributed by atoms with Crippen LogP contribution in [0.4, 0.5) is 0 Å². The first-order chi connectivity index (χ1) is 9.77. The summed E-state index contributed by atoms with van der Waals surface area (Å²) >= 11 is 0. The molecule has 0 aliphatic carbocycles. The second kappa shape index (κ2) is 7.26. The average molecular weight is 288 g/mol. The van der Waals surface area contributed by atoms with E-state index in [0.717, 1.165) is 19.4 Å². The van der Waals surface area contributed by atoms with Crippen molar-refractivity contribution < 1.29 is 4.74 Å². The molecule has 0 bridgehead atoms. The predicted octanol–water partition coefficient (Wildman–Crippen LogP) is 6.10. The average Bonchev–Trinajstić information content (AvgIpc) is 2.42. The summed E-state index contributed by atoms with van der Waals surface area (Å²) in [5, 5.41) is 0. The summed E-state index contributed by atoms with van der Waals surface area (Å²) in [6, 6.07) is 10.8. The van der Waals surface area contributed by atoms with E-state index < -0.39 is 0 Å². The Balaban J connectivity index is 0.00000106. The highest BCUT2D eigenvalue weighted by atomic mass is 16.5. The van der Waals surface area contributed by atoms with Gasteiger partial charge in [0, 0.05) is 6.42 Å². The van der Waals surface area contributed by atoms with Gasteiger partial charge in [-0.15, -0.1) is 0 Å². The van der Waals surface area contributed by atoms with Gasteiger partial charge in [-0.3, -0.25) is 0 Å². The fourth-order valence-electron chi connectivity index (χ4n) is 2.71. The van der Waals surface area contributed by atoms with Gasteiger partial charge in [0.15, 0.2) is 0 Å². The monoisotopic (exact) mass is 288 g/mol. The highest BCUT2D eigenvalue weighted by molar-refractivity contribution is 5.70. The number of benzene rings is 1. The van der Waals surface area contributed by atoms with Gasteiger partial charge in [-0.1, -0.05) is 65.0 Å². The maximum Gasteiger partial charge on any atom is 0.0690 e. The van der Waals surface area contributed by atoms with Crippen LogP contribution in [0.2, 0.25) is 0 Å². The maximum atomic E-state index is 6.02. The molecule has 1 aliphatic heterocycles. The molecule has 21 heavy (non-hydrogen) atoms. The lowest BCUT2D eigenvalue weighted by Crippen LogP contribution is -2.31. The number of ether oxygens (including phenoxy) is 1. The van der Waals surface area contributed by atoms with Gasteiger partial charge < -0.3 is 4.74 Å². The van der Waals surface area contributed by atoms with Gasteiger partial charge in [0.1, 0.15) is 0 Å². The van der Waals surface area contributed by atoms with Crippen LogP contribution in [-0.4, -0.2) is 12.2 Å². The van der Waals surface area contributed by atoms with Crippen molar-refractivity contribution in [2.45, 2.75) is 66.9 Å². The van der Waals surface area contributed by atoms with Crippen LogP contribution in [0.1, 0.15) is 66.9 Å². The Morgan fingerprint density at radius 1 is 1.05 bits per heavy atom. The van der Waals surface area contributed by atoms with Crippen molar-refractivity contribution in [2.24, 2.45) is 5.41 Å². The summed E-state index contributed by atoms with van der Waals surface area (Å²) in [6.45, 7) is 16.0. The minimum absolute atomic E-state index is 0.0490. The van der Waals surface area contributed by atoms with E-state index in [-0.39, 0.29) is 5.60 Å². The van der Waals surface area contributed by atoms with Gasteiger partial charge in [0.05, 0.1) is 12.2 Å². The fourth-order valence-corrected chi connectivity index (χ4v) is 2.71. The lowest BCUT2D eigenvalue weighted by atomic mass is 9.80. The zero-order valence-electron chi connectivity index (χ0n) is 14.9. The van der Waals surface area contributed by atoms with Crippen molar-refractivity contribution in [3.8, 4) is 0 Å². The van der Waals surface area contributed by atoms with Crippen molar-refractivity contribution in [1.29, 1.82) is 0 Å². The maximum absolute atomic E-state index is 6.02. The van der Waals surface area contributed by atoms with Crippen LogP contribution in [0.3, 0.4) is 0 Å². The zero-order valence-corrected chi connectivity index (χ0v) is 14.9. The topological polar surface area (TPSA) is 9.23 Å². The van der Waals surface area contributed by atoms with Crippen LogP contribution < -0.4 is 0 Å². The zero-order chi connectivity index (χ0) is 16.1. The molecule has 118 valence electrons. The van der Waals surface area contributed by atoms with Crippen LogP contribution in [0.15, 0.2) is 35.9 Å². The van der Waals surface area contributed by atoms with Gasteiger partial charge in [-0.05, 0) is 42.4 Å². The Kier molecular flexibility index (Phi) is 6.22. The van der Waals surface area contributed by atoms with Crippen LogP contribution in [0.5, 0.6) is 0 Å². The lowest BCUT2D eigenvalue weighted by molar-refractivity contribution is -0.0102. The largest absolute Gasteiger partial charge is 0.371 e. The van der Waals surface area contributed by atoms with E-state index in [9.17, 15) is 0 Å². The molecular weight excluding hydrogens is 256 g/mol. The van der Waals surface area contributed by atoms with Gasteiger partial charge in [-0.2, -0.15) is 0 Å². The normalized spacial score (nSPS) is 18.0. The van der Waals surface area contributed by atoms with Crippen molar-refractivity contribution in [2.75, 3.05) is 6.61 Å². The Hall–Kier alpha value is -1.08. The molecule has 1 aromatic rings.